The maximum atomic E-state index is 2.38. The molecule has 83 valence electrons. The summed E-state index contributed by atoms with van der Waals surface area (Å²) in [4.78, 5) is 0. The Hall–Kier alpha value is -1.08. The summed E-state index contributed by atoms with van der Waals surface area (Å²) in [5, 5.41) is 1.56. The first-order valence-electron chi connectivity index (χ1n) is 5.99. The second-order valence-electron chi connectivity index (χ2n) is 4.65. The summed E-state index contributed by atoms with van der Waals surface area (Å²) in [7, 11) is -0.265. The van der Waals surface area contributed by atoms with Gasteiger partial charge in [0.1, 0.15) is 0 Å². The summed E-state index contributed by atoms with van der Waals surface area (Å²) in [6.07, 6.45) is 8.11. The maximum Gasteiger partial charge on any atom is 0.0713 e. The lowest BCUT2D eigenvalue weighted by Crippen LogP contribution is -2.19. The number of hydrogen-bond donors (Lipinski definition) is 0. The van der Waals surface area contributed by atoms with Crippen LogP contribution in [0.25, 0.3) is 0 Å². The van der Waals surface area contributed by atoms with Crippen LogP contribution in [0.2, 0.25) is 0 Å². The van der Waals surface area contributed by atoms with Gasteiger partial charge < -0.3 is 0 Å². The van der Waals surface area contributed by atoms with Crippen LogP contribution in [0.5, 0.6) is 0 Å². The fourth-order valence-electron chi connectivity index (χ4n) is 2.29. The van der Waals surface area contributed by atoms with Crippen LogP contribution in [0.3, 0.4) is 0 Å². The Morgan fingerprint density at radius 2 is 1.69 bits per heavy atom. The molecular formula is C15H19Si. The normalized spacial score (nSPS) is 16.3. The molecule has 1 aliphatic carbocycles. The van der Waals surface area contributed by atoms with Crippen LogP contribution >= 0.6 is 0 Å². The third kappa shape index (κ3) is 2.73. The van der Waals surface area contributed by atoms with Crippen molar-refractivity contribution in [3.63, 3.8) is 0 Å². The number of aryl methyl sites for hydroxylation is 2. The summed E-state index contributed by atoms with van der Waals surface area (Å²) in [6.45, 7) is 6.60. The minimum Gasteiger partial charge on any atom is -0.0764 e. The van der Waals surface area contributed by atoms with Gasteiger partial charge in [0.05, 0.1) is 9.52 Å². The minimum atomic E-state index is -0.265. The molecule has 0 atom stereocenters. The fraction of sp³-hybridized carbons (Fsp3) is 0.267. The van der Waals surface area contributed by atoms with E-state index in [0.29, 0.717) is 0 Å². The molecule has 16 heavy (non-hydrogen) atoms. The van der Waals surface area contributed by atoms with Crippen molar-refractivity contribution < 1.29 is 0 Å². The van der Waals surface area contributed by atoms with Gasteiger partial charge in [0.2, 0.25) is 0 Å². The monoisotopic (exact) mass is 227 g/mol. The largest absolute Gasteiger partial charge is 0.0764 e. The second kappa shape index (κ2) is 4.83. The highest BCUT2D eigenvalue weighted by Crippen LogP contribution is 2.19. The molecule has 1 aromatic carbocycles. The van der Waals surface area contributed by atoms with Gasteiger partial charge in [-0.25, -0.2) is 0 Å². The first-order valence-corrected chi connectivity index (χ1v) is 7.40. The van der Waals surface area contributed by atoms with Crippen molar-refractivity contribution in [1.29, 1.82) is 0 Å². The van der Waals surface area contributed by atoms with Crippen molar-refractivity contribution >= 4 is 14.7 Å². The molecule has 0 saturated carbocycles. The predicted octanol–water partition coefficient (Wildman–Crippen LogP) is 2.54. The molecule has 0 fully saturated rings. The molecule has 0 N–H and O–H groups in total. The lowest BCUT2D eigenvalue weighted by atomic mass is 10.2. The highest BCUT2D eigenvalue weighted by Gasteiger charge is 2.10. The van der Waals surface area contributed by atoms with Gasteiger partial charge in [-0.15, -0.1) is 0 Å². The first kappa shape index (κ1) is 11.4. The molecule has 0 heterocycles. The van der Waals surface area contributed by atoms with Crippen LogP contribution in [0.1, 0.15) is 24.5 Å². The highest BCUT2D eigenvalue weighted by atomic mass is 28.2. The molecule has 0 aromatic heterocycles. The van der Waals surface area contributed by atoms with Crippen LogP contribution in [0.4, 0.5) is 0 Å². The Labute approximate surface area is 101 Å². The Kier molecular flexibility index (Phi) is 3.45. The Morgan fingerprint density at radius 3 is 2.25 bits per heavy atom. The van der Waals surface area contributed by atoms with E-state index in [1.54, 1.807) is 10.7 Å². The van der Waals surface area contributed by atoms with E-state index in [2.05, 4.69) is 57.2 Å². The van der Waals surface area contributed by atoms with Gasteiger partial charge in [0, 0.05) is 5.54 Å². The van der Waals surface area contributed by atoms with Crippen molar-refractivity contribution in [3.8, 4) is 0 Å². The molecule has 0 spiro atoms. The summed E-state index contributed by atoms with van der Waals surface area (Å²) in [6, 6.07) is 6.94. The summed E-state index contributed by atoms with van der Waals surface area (Å²) in [5.41, 5.74) is 5.84. The number of benzene rings is 1. The quantitative estimate of drug-likeness (QED) is 0.696. The van der Waals surface area contributed by atoms with Gasteiger partial charge in [0.15, 0.2) is 0 Å². The van der Waals surface area contributed by atoms with E-state index in [4.69, 9.17) is 0 Å². The van der Waals surface area contributed by atoms with E-state index in [1.807, 2.05) is 0 Å². The van der Waals surface area contributed by atoms with E-state index >= 15 is 0 Å². The topological polar surface area (TPSA) is 0 Å². The lowest BCUT2D eigenvalue weighted by molar-refractivity contribution is 1.16. The van der Waals surface area contributed by atoms with E-state index in [9.17, 15) is 0 Å². The van der Waals surface area contributed by atoms with E-state index in [1.165, 1.54) is 16.7 Å². The second-order valence-corrected chi connectivity index (χ2v) is 6.64. The molecule has 0 unspecified atom stereocenters. The Morgan fingerprint density at radius 1 is 1.00 bits per heavy atom. The van der Waals surface area contributed by atoms with E-state index < -0.39 is 0 Å². The average Bonchev–Trinajstić information content (AvgIpc) is 2.64. The molecule has 0 bridgehead atoms. The van der Waals surface area contributed by atoms with Gasteiger partial charge in [-0.2, -0.15) is 0 Å². The zero-order chi connectivity index (χ0) is 11.5. The molecule has 1 aromatic rings. The predicted molar refractivity (Wildman–Crippen MR) is 74.9 cm³/mol. The van der Waals surface area contributed by atoms with Gasteiger partial charge in [-0.3, -0.25) is 0 Å². The van der Waals surface area contributed by atoms with Gasteiger partial charge in [-0.1, -0.05) is 65.2 Å². The zero-order valence-electron chi connectivity index (χ0n) is 10.4. The average molecular weight is 227 g/mol. The highest BCUT2D eigenvalue weighted by molar-refractivity contribution is 6.61. The summed E-state index contributed by atoms with van der Waals surface area (Å²) >= 11 is 0. The molecule has 1 radical (unpaired) electrons. The van der Waals surface area contributed by atoms with Crippen LogP contribution in [-0.4, -0.2) is 9.52 Å². The van der Waals surface area contributed by atoms with Crippen molar-refractivity contribution in [3.05, 3.63) is 58.7 Å². The number of rotatable bonds is 3. The smallest absolute Gasteiger partial charge is 0.0713 e. The SMILES string of the molecule is CCC1=C[C]([SiH2]c2cc(C)cc(C)c2)C=C1. The van der Waals surface area contributed by atoms with Crippen LogP contribution in [-0.2, 0) is 0 Å². The third-order valence-electron chi connectivity index (χ3n) is 2.98. The molecule has 2 rings (SSSR count). The number of allylic oxidation sites excluding steroid dienone is 4. The minimum absolute atomic E-state index is 0.265. The van der Waals surface area contributed by atoms with Crippen molar-refractivity contribution in [1.82, 2.24) is 0 Å². The van der Waals surface area contributed by atoms with Crippen molar-refractivity contribution in [2.75, 3.05) is 0 Å². The number of hydrogen-bond acceptors (Lipinski definition) is 0. The molecule has 0 amide bonds. The van der Waals surface area contributed by atoms with E-state index in [-0.39, 0.29) is 9.52 Å². The van der Waals surface area contributed by atoms with Crippen LogP contribution in [0, 0.1) is 19.4 Å². The molecule has 1 heteroatoms. The zero-order valence-corrected chi connectivity index (χ0v) is 11.8. The molecule has 0 aliphatic heterocycles. The molecular weight excluding hydrogens is 208 g/mol. The van der Waals surface area contributed by atoms with Crippen LogP contribution < -0.4 is 5.19 Å². The summed E-state index contributed by atoms with van der Waals surface area (Å²) < 4.78 is 0. The lowest BCUT2D eigenvalue weighted by Gasteiger charge is -2.06. The fourth-order valence-corrected chi connectivity index (χ4v) is 4.20. The van der Waals surface area contributed by atoms with Gasteiger partial charge >= 0.3 is 0 Å². The first-order chi connectivity index (χ1) is 7.67. The molecule has 0 saturated heterocycles. The van der Waals surface area contributed by atoms with Gasteiger partial charge in [0.25, 0.3) is 0 Å². The third-order valence-corrected chi connectivity index (χ3v) is 4.64. The standard InChI is InChI=1S/C15H19Si/c1-4-13-5-6-14(10-13)16-15-8-11(2)7-12(3)9-15/h5-10H,4,16H2,1-3H3. The maximum absolute atomic E-state index is 2.38. The van der Waals surface area contributed by atoms with Crippen LogP contribution in [0.15, 0.2) is 42.0 Å². The Bertz CT molecular complexity index is 420. The van der Waals surface area contributed by atoms with Gasteiger partial charge in [-0.05, 0) is 20.3 Å². The molecule has 1 aliphatic rings. The van der Waals surface area contributed by atoms with E-state index in [0.717, 1.165) is 6.42 Å². The molecule has 0 nitrogen and oxygen atoms in total. The summed E-state index contributed by atoms with van der Waals surface area (Å²) in [5.74, 6) is 0. The van der Waals surface area contributed by atoms with Crippen molar-refractivity contribution in [2.24, 2.45) is 0 Å². The Balaban J connectivity index is 2.11. The van der Waals surface area contributed by atoms with Crippen molar-refractivity contribution in [2.45, 2.75) is 27.2 Å².